The number of benzene rings is 3. The van der Waals surface area contributed by atoms with Gasteiger partial charge in [-0.1, -0.05) is 6.07 Å². The number of fused-ring (bicyclic) bond motifs is 1. The van der Waals surface area contributed by atoms with Crippen molar-refractivity contribution >= 4 is 17.3 Å². The molecule has 0 spiro atoms. The summed E-state index contributed by atoms with van der Waals surface area (Å²) in [6, 6.07) is 15.2. The third kappa shape index (κ3) is 5.22. The van der Waals surface area contributed by atoms with Crippen LogP contribution in [0.1, 0.15) is 21.5 Å². The van der Waals surface area contributed by atoms with Crippen LogP contribution in [-0.2, 0) is 16.0 Å². The summed E-state index contributed by atoms with van der Waals surface area (Å²) in [5, 5.41) is 0. The van der Waals surface area contributed by atoms with Gasteiger partial charge in [-0.2, -0.15) is 0 Å². The van der Waals surface area contributed by atoms with Crippen molar-refractivity contribution in [1.82, 2.24) is 0 Å². The molecule has 1 aliphatic rings. The molecule has 0 aromatic heterocycles. The number of hydrogen-bond acceptors (Lipinski definition) is 9. The van der Waals surface area contributed by atoms with E-state index in [1.54, 1.807) is 61.7 Å². The van der Waals surface area contributed by atoms with E-state index in [0.717, 1.165) is 0 Å². The first-order valence-electron chi connectivity index (χ1n) is 11.6. The zero-order valence-corrected chi connectivity index (χ0v) is 21.8. The molecule has 0 amide bonds. The second-order valence-corrected chi connectivity index (χ2v) is 8.18. The highest BCUT2D eigenvalue weighted by Crippen LogP contribution is 2.40. The van der Waals surface area contributed by atoms with Gasteiger partial charge in [-0.05, 0) is 59.7 Å². The fourth-order valence-electron chi connectivity index (χ4n) is 4.21. The third-order valence-electron chi connectivity index (χ3n) is 6.08. The largest absolute Gasteiger partial charge is 0.497 e. The molecule has 198 valence electrons. The number of Topliss-reactive ketones (excluding diaryl/α,β-unsaturated/α-hetero) is 1. The Kier molecular flexibility index (Phi) is 8.06. The minimum atomic E-state index is -0.673. The number of methoxy groups -OCH3 is 5. The average Bonchev–Trinajstić information content (AvgIpc) is 3.43. The van der Waals surface area contributed by atoms with Crippen LogP contribution >= 0.6 is 0 Å². The maximum absolute atomic E-state index is 14.0. The summed E-state index contributed by atoms with van der Waals surface area (Å²) in [4.78, 5) is 27.2. The van der Waals surface area contributed by atoms with Crippen LogP contribution in [0.4, 0.5) is 0 Å². The molecule has 0 aliphatic carbocycles. The fourth-order valence-corrected chi connectivity index (χ4v) is 4.21. The van der Waals surface area contributed by atoms with Gasteiger partial charge in [-0.25, -0.2) is 4.79 Å². The normalized spacial score (nSPS) is 12.3. The van der Waals surface area contributed by atoms with Crippen molar-refractivity contribution in [1.29, 1.82) is 0 Å². The molecule has 4 rings (SSSR count). The van der Waals surface area contributed by atoms with Gasteiger partial charge in [-0.3, -0.25) is 4.79 Å². The lowest BCUT2D eigenvalue weighted by atomic mass is 9.89. The van der Waals surface area contributed by atoms with E-state index in [1.807, 2.05) is 0 Å². The molecule has 3 aromatic rings. The lowest BCUT2D eigenvalue weighted by Crippen LogP contribution is -2.15. The van der Waals surface area contributed by atoms with E-state index in [9.17, 15) is 9.59 Å². The average molecular weight is 521 g/mol. The minimum Gasteiger partial charge on any atom is -0.497 e. The van der Waals surface area contributed by atoms with Crippen molar-refractivity contribution in [3.8, 4) is 34.5 Å². The molecule has 9 nitrogen and oxygen atoms in total. The number of allylic oxidation sites excluding steroid dienone is 1. The molecule has 38 heavy (non-hydrogen) atoms. The number of hydrogen-bond donors (Lipinski definition) is 0. The van der Waals surface area contributed by atoms with E-state index in [4.69, 9.17) is 33.2 Å². The Labute approximate surface area is 220 Å². The highest BCUT2D eigenvalue weighted by molar-refractivity contribution is 6.27. The van der Waals surface area contributed by atoms with Crippen molar-refractivity contribution < 1.29 is 42.7 Å². The van der Waals surface area contributed by atoms with E-state index < -0.39 is 5.97 Å². The Morgan fingerprint density at radius 2 is 1.37 bits per heavy atom. The van der Waals surface area contributed by atoms with Crippen molar-refractivity contribution in [2.24, 2.45) is 0 Å². The Morgan fingerprint density at radius 1 is 0.737 bits per heavy atom. The van der Waals surface area contributed by atoms with Crippen molar-refractivity contribution in [2.45, 2.75) is 6.42 Å². The Hall–Kier alpha value is -4.66. The first-order chi connectivity index (χ1) is 18.4. The van der Waals surface area contributed by atoms with Gasteiger partial charge in [0.25, 0.3) is 0 Å². The van der Waals surface area contributed by atoms with Crippen LogP contribution < -0.4 is 28.4 Å². The van der Waals surface area contributed by atoms with Crippen LogP contribution in [0, 0.1) is 0 Å². The van der Waals surface area contributed by atoms with Gasteiger partial charge in [0.2, 0.25) is 12.5 Å². The van der Waals surface area contributed by atoms with Crippen LogP contribution in [0.3, 0.4) is 0 Å². The quantitative estimate of drug-likeness (QED) is 0.217. The van der Waals surface area contributed by atoms with E-state index in [2.05, 4.69) is 0 Å². The molecular formula is C29H28O9. The number of esters is 1. The SMILES string of the molecule is COC(=O)/C(=C(/Cc1cc(OC)c(OC)c(OC)c1)C(=O)c1ccc(OC)cc1)c1ccc2c(c1)OCO2. The maximum Gasteiger partial charge on any atom is 0.338 e. The number of ketones is 1. The lowest BCUT2D eigenvalue weighted by Gasteiger charge is -2.17. The summed E-state index contributed by atoms with van der Waals surface area (Å²) >= 11 is 0. The van der Waals surface area contributed by atoms with E-state index in [0.29, 0.717) is 51.2 Å². The molecule has 0 atom stereocenters. The van der Waals surface area contributed by atoms with Crippen LogP contribution in [-0.4, -0.2) is 54.1 Å². The summed E-state index contributed by atoms with van der Waals surface area (Å²) in [7, 11) is 7.33. The predicted molar refractivity (Wildman–Crippen MR) is 139 cm³/mol. The molecule has 1 heterocycles. The summed E-state index contributed by atoms with van der Waals surface area (Å²) in [6.45, 7) is 0.0686. The highest BCUT2D eigenvalue weighted by Gasteiger charge is 2.27. The van der Waals surface area contributed by atoms with Gasteiger partial charge in [0.1, 0.15) is 5.75 Å². The zero-order chi connectivity index (χ0) is 27.2. The molecule has 0 fully saturated rings. The topological polar surface area (TPSA) is 98.8 Å². The molecule has 9 heteroatoms. The minimum absolute atomic E-state index is 0.0560. The number of carbonyl (C=O) groups excluding carboxylic acids is 2. The van der Waals surface area contributed by atoms with Gasteiger partial charge in [0, 0.05) is 17.6 Å². The van der Waals surface area contributed by atoms with Crippen molar-refractivity contribution in [2.75, 3.05) is 42.3 Å². The number of ether oxygens (including phenoxy) is 7. The Morgan fingerprint density at radius 3 is 1.95 bits per heavy atom. The molecule has 0 unspecified atom stereocenters. The highest BCUT2D eigenvalue weighted by atomic mass is 16.7. The molecule has 3 aromatic carbocycles. The summed E-state index contributed by atoms with van der Waals surface area (Å²) < 4.78 is 37.7. The summed E-state index contributed by atoms with van der Waals surface area (Å²) in [5.41, 5.74) is 1.77. The van der Waals surface area contributed by atoms with E-state index in [-0.39, 0.29) is 30.1 Å². The summed E-state index contributed by atoms with van der Waals surface area (Å²) in [6.07, 6.45) is 0.0560. The second kappa shape index (κ2) is 11.6. The van der Waals surface area contributed by atoms with Crippen LogP contribution in [0.2, 0.25) is 0 Å². The smallest absolute Gasteiger partial charge is 0.338 e. The van der Waals surface area contributed by atoms with E-state index >= 15 is 0 Å². The number of rotatable bonds is 10. The molecule has 0 N–H and O–H groups in total. The fraction of sp³-hybridized carbons (Fsp3) is 0.241. The van der Waals surface area contributed by atoms with E-state index in [1.165, 1.54) is 28.4 Å². The molecule has 0 saturated carbocycles. The maximum atomic E-state index is 14.0. The molecule has 0 bridgehead atoms. The van der Waals surface area contributed by atoms with Gasteiger partial charge in [0.05, 0.1) is 41.1 Å². The Bertz CT molecular complexity index is 1350. The van der Waals surface area contributed by atoms with Gasteiger partial charge in [-0.15, -0.1) is 0 Å². The van der Waals surface area contributed by atoms with Gasteiger partial charge >= 0.3 is 5.97 Å². The lowest BCUT2D eigenvalue weighted by molar-refractivity contribution is -0.133. The van der Waals surface area contributed by atoms with Crippen LogP contribution in [0.15, 0.2) is 60.2 Å². The van der Waals surface area contributed by atoms with Crippen LogP contribution in [0.5, 0.6) is 34.5 Å². The molecular weight excluding hydrogens is 492 g/mol. The predicted octanol–water partition coefficient (Wildman–Crippen LogP) is 4.50. The zero-order valence-electron chi connectivity index (χ0n) is 21.8. The first kappa shape index (κ1) is 26.4. The van der Waals surface area contributed by atoms with Crippen molar-refractivity contribution in [3.63, 3.8) is 0 Å². The van der Waals surface area contributed by atoms with Crippen LogP contribution in [0.25, 0.3) is 5.57 Å². The number of carbonyl (C=O) groups is 2. The molecule has 0 saturated heterocycles. The molecule has 0 radical (unpaired) electrons. The standard InChI is InChI=1S/C29H28O9/c1-32-20-9-6-18(7-10-20)27(30)21(12-17-13-24(33-2)28(35-4)25(14-17)34-3)26(29(31)36-5)19-8-11-22-23(15-19)38-16-37-22/h6-11,13-15H,12,16H2,1-5H3/b26-21-. The first-order valence-corrected chi connectivity index (χ1v) is 11.6. The van der Waals surface area contributed by atoms with Gasteiger partial charge < -0.3 is 33.2 Å². The third-order valence-corrected chi connectivity index (χ3v) is 6.08. The van der Waals surface area contributed by atoms with Crippen molar-refractivity contribution in [3.05, 3.63) is 76.9 Å². The summed E-state index contributed by atoms with van der Waals surface area (Å²) in [5.74, 6) is 1.82. The Balaban J connectivity index is 1.93. The monoisotopic (exact) mass is 520 g/mol. The van der Waals surface area contributed by atoms with Gasteiger partial charge in [0.15, 0.2) is 28.8 Å². The molecule has 1 aliphatic heterocycles. The second-order valence-electron chi connectivity index (χ2n) is 8.18.